The number of rotatable bonds is 8. The molecule has 0 saturated carbocycles. The van der Waals surface area contributed by atoms with E-state index in [-0.39, 0.29) is 31.2 Å². The Labute approximate surface area is 169 Å². The molecule has 4 amide bonds. The molecule has 152 valence electrons. The summed E-state index contributed by atoms with van der Waals surface area (Å²) in [5.41, 5.74) is 0.775. The quantitative estimate of drug-likeness (QED) is 0.626. The highest BCUT2D eigenvalue weighted by Gasteiger charge is 2.37. The maximum Gasteiger partial charge on any atom is 0.325 e. The number of hydrogen-bond acceptors (Lipinski definition) is 5. The van der Waals surface area contributed by atoms with Crippen LogP contribution in [0.2, 0.25) is 5.02 Å². The molecule has 2 heterocycles. The van der Waals surface area contributed by atoms with Crippen LogP contribution in [-0.4, -0.2) is 73.1 Å². The number of halogens is 1. The minimum atomic E-state index is -0.670. The summed E-state index contributed by atoms with van der Waals surface area (Å²) in [5, 5.41) is 6.07. The molecule has 0 spiro atoms. The number of morpholine rings is 1. The van der Waals surface area contributed by atoms with Gasteiger partial charge >= 0.3 is 6.03 Å². The maximum absolute atomic E-state index is 12.5. The Morgan fingerprint density at radius 3 is 2.82 bits per heavy atom. The second-order valence-electron chi connectivity index (χ2n) is 6.90. The van der Waals surface area contributed by atoms with Crippen LogP contribution < -0.4 is 10.6 Å². The summed E-state index contributed by atoms with van der Waals surface area (Å²) in [4.78, 5) is 40.0. The topological polar surface area (TPSA) is 91.0 Å². The van der Waals surface area contributed by atoms with Gasteiger partial charge in [0.2, 0.25) is 5.91 Å². The summed E-state index contributed by atoms with van der Waals surface area (Å²) in [6.45, 7) is 4.70. The largest absolute Gasteiger partial charge is 0.379 e. The van der Waals surface area contributed by atoms with Gasteiger partial charge in [-0.25, -0.2) is 4.79 Å². The fourth-order valence-corrected chi connectivity index (χ4v) is 3.50. The fraction of sp³-hybridized carbons (Fsp3) is 0.526. The summed E-state index contributed by atoms with van der Waals surface area (Å²) in [6.07, 6.45) is 0.463. The number of amides is 4. The summed E-state index contributed by atoms with van der Waals surface area (Å²) < 4.78 is 5.29. The molecule has 8 nitrogen and oxygen atoms in total. The summed E-state index contributed by atoms with van der Waals surface area (Å²) in [7, 11) is 0. The SMILES string of the molecule is O=C(CC[C@H]1NC(=O)N(Cc2cccc(Cl)c2)C1=O)NCCN1CCOCC1. The Morgan fingerprint density at radius 1 is 1.29 bits per heavy atom. The Bertz CT molecular complexity index is 724. The van der Waals surface area contributed by atoms with Crippen LogP contribution in [0.3, 0.4) is 0 Å². The lowest BCUT2D eigenvalue weighted by Gasteiger charge is -2.26. The maximum atomic E-state index is 12.5. The second-order valence-corrected chi connectivity index (χ2v) is 7.34. The number of imide groups is 1. The van der Waals surface area contributed by atoms with Gasteiger partial charge in [-0.3, -0.25) is 19.4 Å². The van der Waals surface area contributed by atoms with E-state index in [1.165, 1.54) is 0 Å². The molecule has 2 saturated heterocycles. The van der Waals surface area contributed by atoms with Crippen molar-refractivity contribution in [2.75, 3.05) is 39.4 Å². The predicted molar refractivity (Wildman–Crippen MR) is 104 cm³/mol. The van der Waals surface area contributed by atoms with Crippen molar-refractivity contribution < 1.29 is 19.1 Å². The van der Waals surface area contributed by atoms with Crippen LogP contribution in [0.1, 0.15) is 18.4 Å². The first-order valence-corrected chi connectivity index (χ1v) is 9.84. The highest BCUT2D eigenvalue weighted by Crippen LogP contribution is 2.17. The molecule has 1 aromatic rings. The van der Waals surface area contributed by atoms with E-state index < -0.39 is 12.1 Å². The van der Waals surface area contributed by atoms with Crippen molar-refractivity contribution >= 4 is 29.4 Å². The summed E-state index contributed by atoms with van der Waals surface area (Å²) in [5.74, 6) is -0.435. The Hall–Kier alpha value is -2.16. The molecular weight excluding hydrogens is 384 g/mol. The van der Waals surface area contributed by atoms with Crippen LogP contribution in [0.25, 0.3) is 0 Å². The number of urea groups is 1. The molecule has 2 N–H and O–H groups in total. The van der Waals surface area contributed by atoms with Gasteiger partial charge in [0.15, 0.2) is 0 Å². The van der Waals surface area contributed by atoms with Gasteiger partial charge in [0.05, 0.1) is 19.8 Å². The summed E-state index contributed by atoms with van der Waals surface area (Å²) in [6, 6.07) is 5.92. The predicted octanol–water partition coefficient (Wildman–Crippen LogP) is 0.989. The van der Waals surface area contributed by atoms with Crippen molar-refractivity contribution in [1.82, 2.24) is 20.4 Å². The average molecular weight is 409 g/mol. The second kappa shape index (κ2) is 9.86. The molecule has 2 aliphatic heterocycles. The van der Waals surface area contributed by atoms with Gasteiger partial charge in [-0.2, -0.15) is 0 Å². The highest BCUT2D eigenvalue weighted by atomic mass is 35.5. The molecule has 0 radical (unpaired) electrons. The van der Waals surface area contributed by atoms with Crippen molar-refractivity contribution in [1.29, 1.82) is 0 Å². The number of nitrogens with zero attached hydrogens (tertiary/aromatic N) is 2. The molecule has 0 aliphatic carbocycles. The third-order valence-corrected chi connectivity index (χ3v) is 5.09. The first-order chi connectivity index (χ1) is 13.5. The smallest absolute Gasteiger partial charge is 0.325 e. The van der Waals surface area contributed by atoms with E-state index in [0.29, 0.717) is 11.6 Å². The molecule has 2 aliphatic rings. The monoisotopic (exact) mass is 408 g/mol. The van der Waals surface area contributed by atoms with E-state index in [0.717, 1.165) is 43.3 Å². The van der Waals surface area contributed by atoms with Gasteiger partial charge in [-0.05, 0) is 24.1 Å². The van der Waals surface area contributed by atoms with E-state index in [9.17, 15) is 14.4 Å². The van der Waals surface area contributed by atoms with Gasteiger partial charge in [0, 0.05) is 37.6 Å². The lowest BCUT2D eigenvalue weighted by Crippen LogP contribution is -2.41. The molecule has 2 fully saturated rings. The molecular formula is C19H25ClN4O4. The standard InChI is InChI=1S/C19H25ClN4O4/c20-15-3-1-2-14(12-15)13-24-18(26)16(22-19(24)27)4-5-17(25)21-6-7-23-8-10-28-11-9-23/h1-3,12,16H,4-11,13H2,(H,21,25)(H,22,27)/t16-/m1/s1. The van der Waals surface area contributed by atoms with Crippen molar-refractivity contribution in [2.45, 2.75) is 25.4 Å². The Morgan fingerprint density at radius 2 is 2.07 bits per heavy atom. The molecule has 0 unspecified atom stereocenters. The van der Waals surface area contributed by atoms with E-state index in [1.807, 2.05) is 6.07 Å². The summed E-state index contributed by atoms with van der Waals surface area (Å²) >= 11 is 5.95. The molecule has 9 heteroatoms. The number of ether oxygens (including phenoxy) is 1. The van der Waals surface area contributed by atoms with E-state index in [2.05, 4.69) is 15.5 Å². The number of hydrogen-bond donors (Lipinski definition) is 2. The number of carbonyl (C=O) groups excluding carboxylic acids is 3. The lowest BCUT2D eigenvalue weighted by atomic mass is 10.1. The fourth-order valence-electron chi connectivity index (χ4n) is 3.28. The van der Waals surface area contributed by atoms with Crippen LogP contribution in [0, 0.1) is 0 Å². The number of carbonyl (C=O) groups is 3. The third kappa shape index (κ3) is 5.67. The van der Waals surface area contributed by atoms with Gasteiger partial charge in [0.1, 0.15) is 6.04 Å². The molecule has 3 rings (SSSR count). The van der Waals surface area contributed by atoms with Crippen LogP contribution >= 0.6 is 11.6 Å². The molecule has 0 bridgehead atoms. The molecule has 28 heavy (non-hydrogen) atoms. The van der Waals surface area contributed by atoms with Crippen molar-refractivity contribution in [3.8, 4) is 0 Å². The minimum Gasteiger partial charge on any atom is -0.379 e. The molecule has 1 atom stereocenters. The zero-order chi connectivity index (χ0) is 19.9. The third-order valence-electron chi connectivity index (χ3n) is 4.85. The highest BCUT2D eigenvalue weighted by molar-refractivity contribution is 6.30. The Balaban J connectivity index is 1.40. The van der Waals surface area contributed by atoms with Crippen LogP contribution in [0.5, 0.6) is 0 Å². The van der Waals surface area contributed by atoms with Crippen LogP contribution in [0.4, 0.5) is 4.79 Å². The van der Waals surface area contributed by atoms with Crippen molar-refractivity contribution in [3.63, 3.8) is 0 Å². The van der Waals surface area contributed by atoms with Gasteiger partial charge in [-0.15, -0.1) is 0 Å². The minimum absolute atomic E-state index is 0.122. The van der Waals surface area contributed by atoms with E-state index >= 15 is 0 Å². The first kappa shape index (κ1) is 20.6. The van der Waals surface area contributed by atoms with Gasteiger partial charge in [0.25, 0.3) is 5.91 Å². The lowest BCUT2D eigenvalue weighted by molar-refractivity contribution is -0.128. The number of nitrogens with one attached hydrogen (secondary N) is 2. The zero-order valence-corrected chi connectivity index (χ0v) is 16.4. The van der Waals surface area contributed by atoms with E-state index in [4.69, 9.17) is 16.3 Å². The zero-order valence-electron chi connectivity index (χ0n) is 15.7. The number of benzene rings is 1. The van der Waals surface area contributed by atoms with Crippen LogP contribution in [0.15, 0.2) is 24.3 Å². The van der Waals surface area contributed by atoms with Crippen molar-refractivity contribution in [3.05, 3.63) is 34.9 Å². The average Bonchev–Trinajstić information content (AvgIpc) is 2.95. The molecule has 1 aromatic carbocycles. The Kier molecular flexibility index (Phi) is 7.24. The van der Waals surface area contributed by atoms with Gasteiger partial charge in [-0.1, -0.05) is 23.7 Å². The van der Waals surface area contributed by atoms with Gasteiger partial charge < -0.3 is 15.4 Å². The molecule has 0 aromatic heterocycles. The normalized spacial score (nSPS) is 20.3. The van der Waals surface area contributed by atoms with Crippen molar-refractivity contribution in [2.24, 2.45) is 0 Å². The van der Waals surface area contributed by atoms with E-state index in [1.54, 1.807) is 18.2 Å². The van der Waals surface area contributed by atoms with Crippen LogP contribution in [-0.2, 0) is 20.9 Å². The first-order valence-electron chi connectivity index (χ1n) is 9.46.